The van der Waals surface area contributed by atoms with Crippen molar-refractivity contribution in [1.29, 1.82) is 0 Å². The van der Waals surface area contributed by atoms with Crippen LogP contribution in [0.15, 0.2) is 42.5 Å². The number of carbonyl (C=O) groups excluding carboxylic acids is 2. The SMILES string of the molecule is CCCCN(CCCCO)C(=O)CN1C[C@H](c2ccc3c(c2)OCO3)[C@H](C(=O)OCC)[C@H]1c1ccc(OC)cc1. The van der Waals surface area contributed by atoms with Gasteiger partial charge in [0.2, 0.25) is 12.7 Å². The van der Waals surface area contributed by atoms with Gasteiger partial charge in [0.05, 0.1) is 26.2 Å². The minimum Gasteiger partial charge on any atom is -0.497 e. The van der Waals surface area contributed by atoms with Crippen LogP contribution in [0.25, 0.3) is 0 Å². The highest BCUT2D eigenvalue weighted by Gasteiger charge is 2.49. The molecule has 1 amide bonds. The second kappa shape index (κ2) is 14.4. The monoisotopic (exact) mass is 554 g/mol. The number of esters is 1. The standard InChI is InChI=1S/C31H42N2O7/c1-4-6-15-32(16-7-8-17-34)28(35)20-33-19-25(23-11-14-26-27(18-23)40-21-39-26)29(31(36)38-5-2)30(33)22-9-12-24(37-3)13-10-22/h9-14,18,25,29-30,34H,4-8,15-17,19-21H2,1-3H3/t25-,29+,30-/m1/s1. The third-order valence-electron chi connectivity index (χ3n) is 7.75. The number of ether oxygens (including phenoxy) is 4. The summed E-state index contributed by atoms with van der Waals surface area (Å²) in [6.45, 7) is 6.43. The molecule has 2 aromatic rings. The molecule has 0 unspecified atom stereocenters. The highest BCUT2D eigenvalue weighted by molar-refractivity contribution is 5.80. The predicted molar refractivity (Wildman–Crippen MR) is 151 cm³/mol. The molecule has 9 nitrogen and oxygen atoms in total. The summed E-state index contributed by atoms with van der Waals surface area (Å²) in [6, 6.07) is 13.1. The fraction of sp³-hybridized carbons (Fsp3) is 0.548. The number of fused-ring (bicyclic) bond motifs is 1. The van der Waals surface area contributed by atoms with Gasteiger partial charge in [0, 0.05) is 38.2 Å². The summed E-state index contributed by atoms with van der Waals surface area (Å²) in [5, 5.41) is 9.26. The smallest absolute Gasteiger partial charge is 0.311 e. The van der Waals surface area contributed by atoms with Crippen LogP contribution >= 0.6 is 0 Å². The molecule has 2 aliphatic rings. The van der Waals surface area contributed by atoms with Gasteiger partial charge < -0.3 is 29.0 Å². The van der Waals surface area contributed by atoms with Gasteiger partial charge in [-0.25, -0.2) is 0 Å². The predicted octanol–water partition coefficient (Wildman–Crippen LogP) is 4.14. The molecule has 2 aliphatic heterocycles. The van der Waals surface area contributed by atoms with E-state index in [4.69, 9.17) is 18.9 Å². The van der Waals surface area contributed by atoms with Crippen molar-refractivity contribution in [2.75, 3.05) is 53.3 Å². The first-order chi connectivity index (χ1) is 19.5. The Morgan fingerprint density at radius 1 is 1.00 bits per heavy atom. The molecule has 0 spiro atoms. The number of hydrogen-bond acceptors (Lipinski definition) is 8. The average Bonchev–Trinajstić information content (AvgIpc) is 3.59. The van der Waals surface area contributed by atoms with Crippen molar-refractivity contribution in [3.8, 4) is 17.2 Å². The Balaban J connectivity index is 1.69. The minimum absolute atomic E-state index is 0.0267. The van der Waals surface area contributed by atoms with E-state index >= 15 is 0 Å². The zero-order valence-electron chi connectivity index (χ0n) is 23.8. The van der Waals surface area contributed by atoms with E-state index in [0.29, 0.717) is 37.6 Å². The first-order valence-corrected chi connectivity index (χ1v) is 14.3. The molecule has 3 atom stereocenters. The Morgan fingerprint density at radius 2 is 1.73 bits per heavy atom. The Morgan fingerprint density at radius 3 is 2.42 bits per heavy atom. The largest absolute Gasteiger partial charge is 0.497 e. The molecule has 2 heterocycles. The van der Waals surface area contributed by atoms with Crippen LogP contribution in [0.5, 0.6) is 17.2 Å². The number of nitrogens with zero attached hydrogens (tertiary/aromatic N) is 2. The molecule has 0 aliphatic carbocycles. The number of aliphatic hydroxyl groups excluding tert-OH is 1. The number of carbonyl (C=O) groups is 2. The van der Waals surface area contributed by atoms with Crippen molar-refractivity contribution in [3.63, 3.8) is 0 Å². The Labute approximate surface area is 237 Å². The fourth-order valence-electron chi connectivity index (χ4n) is 5.70. The van der Waals surface area contributed by atoms with Crippen LogP contribution in [-0.4, -0.2) is 80.1 Å². The molecule has 40 heavy (non-hydrogen) atoms. The van der Waals surface area contributed by atoms with E-state index in [1.54, 1.807) is 7.11 Å². The average molecular weight is 555 g/mol. The number of aliphatic hydroxyl groups is 1. The number of benzene rings is 2. The molecule has 0 bridgehead atoms. The lowest BCUT2D eigenvalue weighted by molar-refractivity contribution is -0.150. The van der Waals surface area contributed by atoms with Gasteiger partial charge >= 0.3 is 5.97 Å². The lowest BCUT2D eigenvalue weighted by atomic mass is 9.82. The van der Waals surface area contributed by atoms with Crippen molar-refractivity contribution >= 4 is 11.9 Å². The molecule has 218 valence electrons. The van der Waals surface area contributed by atoms with Gasteiger partial charge in [0.25, 0.3) is 0 Å². The molecule has 0 saturated carbocycles. The molecule has 4 rings (SSSR count). The molecule has 1 saturated heterocycles. The lowest BCUT2D eigenvalue weighted by Crippen LogP contribution is -2.42. The lowest BCUT2D eigenvalue weighted by Gasteiger charge is -2.30. The van der Waals surface area contributed by atoms with Crippen molar-refractivity contribution < 1.29 is 33.6 Å². The molecule has 2 aromatic carbocycles. The topological polar surface area (TPSA) is 97.8 Å². The van der Waals surface area contributed by atoms with E-state index in [-0.39, 0.29) is 50.4 Å². The van der Waals surface area contributed by atoms with E-state index in [1.165, 1.54) is 0 Å². The van der Waals surface area contributed by atoms with Gasteiger partial charge in [-0.05, 0) is 61.6 Å². The van der Waals surface area contributed by atoms with E-state index < -0.39 is 5.92 Å². The first-order valence-electron chi connectivity index (χ1n) is 14.3. The third kappa shape index (κ3) is 6.88. The normalized spacial score (nSPS) is 19.9. The number of rotatable bonds is 14. The van der Waals surface area contributed by atoms with Crippen molar-refractivity contribution in [2.45, 2.75) is 51.5 Å². The summed E-state index contributed by atoms with van der Waals surface area (Å²) >= 11 is 0. The number of methoxy groups -OCH3 is 1. The number of amides is 1. The van der Waals surface area contributed by atoms with E-state index in [2.05, 4.69) is 11.8 Å². The second-order valence-corrected chi connectivity index (χ2v) is 10.3. The quantitative estimate of drug-likeness (QED) is 0.275. The molecule has 9 heteroatoms. The Kier molecular flexibility index (Phi) is 10.7. The Hall–Kier alpha value is -3.30. The molecule has 0 aromatic heterocycles. The van der Waals surface area contributed by atoms with Gasteiger partial charge in [-0.3, -0.25) is 14.5 Å². The summed E-state index contributed by atoms with van der Waals surface area (Å²) < 4.78 is 22.1. The van der Waals surface area contributed by atoms with Crippen LogP contribution in [0.1, 0.15) is 62.6 Å². The van der Waals surface area contributed by atoms with Crippen LogP contribution in [0.4, 0.5) is 0 Å². The highest BCUT2D eigenvalue weighted by atomic mass is 16.7. The zero-order valence-corrected chi connectivity index (χ0v) is 23.8. The molecule has 1 fully saturated rings. The summed E-state index contributed by atoms with van der Waals surface area (Å²) in [5.41, 5.74) is 1.87. The summed E-state index contributed by atoms with van der Waals surface area (Å²) in [4.78, 5) is 31.3. The van der Waals surface area contributed by atoms with Crippen molar-refractivity contribution in [1.82, 2.24) is 9.80 Å². The van der Waals surface area contributed by atoms with Gasteiger partial charge in [0.1, 0.15) is 5.75 Å². The van der Waals surface area contributed by atoms with Crippen molar-refractivity contribution in [2.24, 2.45) is 5.92 Å². The van der Waals surface area contributed by atoms with Crippen molar-refractivity contribution in [3.05, 3.63) is 53.6 Å². The molecule has 1 N–H and O–H groups in total. The van der Waals surface area contributed by atoms with Gasteiger partial charge in [-0.15, -0.1) is 0 Å². The first kappa shape index (κ1) is 29.7. The zero-order chi connectivity index (χ0) is 28.5. The third-order valence-corrected chi connectivity index (χ3v) is 7.75. The van der Waals surface area contributed by atoms with E-state index in [0.717, 1.165) is 36.1 Å². The Bertz CT molecular complexity index is 1120. The van der Waals surface area contributed by atoms with E-state index in [9.17, 15) is 14.7 Å². The van der Waals surface area contributed by atoms with Gasteiger partial charge in [-0.2, -0.15) is 0 Å². The number of hydrogen-bond donors (Lipinski definition) is 1. The second-order valence-electron chi connectivity index (χ2n) is 10.3. The van der Waals surface area contributed by atoms with Crippen LogP contribution in [0, 0.1) is 5.92 Å². The molecular formula is C31H42N2O7. The molecular weight excluding hydrogens is 512 g/mol. The van der Waals surface area contributed by atoms with E-state index in [1.807, 2.05) is 54.3 Å². The summed E-state index contributed by atoms with van der Waals surface area (Å²) in [7, 11) is 1.62. The maximum atomic E-state index is 13.7. The van der Waals surface area contributed by atoms with Crippen LogP contribution < -0.4 is 14.2 Å². The van der Waals surface area contributed by atoms with Crippen LogP contribution in [0.2, 0.25) is 0 Å². The fourth-order valence-corrected chi connectivity index (χ4v) is 5.70. The maximum absolute atomic E-state index is 13.7. The number of unbranched alkanes of at least 4 members (excludes halogenated alkanes) is 2. The summed E-state index contributed by atoms with van der Waals surface area (Å²) in [5.74, 6) is 1.06. The van der Waals surface area contributed by atoms with Crippen LogP contribution in [0.3, 0.4) is 0 Å². The maximum Gasteiger partial charge on any atom is 0.311 e. The molecule has 0 radical (unpaired) electrons. The minimum atomic E-state index is -0.528. The highest BCUT2D eigenvalue weighted by Crippen LogP contribution is 2.48. The van der Waals surface area contributed by atoms with Gasteiger partial charge in [0.15, 0.2) is 11.5 Å². The summed E-state index contributed by atoms with van der Waals surface area (Å²) in [6.07, 6.45) is 3.31. The van der Waals surface area contributed by atoms with Gasteiger partial charge in [-0.1, -0.05) is 31.5 Å². The number of likely N-dealkylation sites (tertiary alicyclic amines) is 1. The van der Waals surface area contributed by atoms with Crippen LogP contribution in [-0.2, 0) is 14.3 Å².